The van der Waals surface area contributed by atoms with Gasteiger partial charge in [0.2, 0.25) is 10.0 Å². The quantitative estimate of drug-likeness (QED) is 0.798. The van der Waals surface area contributed by atoms with E-state index < -0.39 is 44.3 Å². The van der Waals surface area contributed by atoms with Crippen LogP contribution in [0.4, 0.5) is 8.78 Å². The third kappa shape index (κ3) is 4.44. The van der Waals surface area contributed by atoms with Crippen LogP contribution in [0.2, 0.25) is 0 Å². The highest BCUT2D eigenvalue weighted by Gasteiger charge is 2.26. The van der Waals surface area contributed by atoms with Crippen molar-refractivity contribution in [2.45, 2.75) is 37.9 Å². The summed E-state index contributed by atoms with van der Waals surface area (Å²) in [7, 11) is -4.17. The summed E-state index contributed by atoms with van der Waals surface area (Å²) in [6, 6.07) is 1.62. The van der Waals surface area contributed by atoms with E-state index in [1.54, 1.807) is 20.8 Å². The van der Waals surface area contributed by atoms with E-state index in [0.29, 0.717) is 6.61 Å². The zero-order valence-electron chi connectivity index (χ0n) is 12.1. The van der Waals surface area contributed by atoms with E-state index in [4.69, 9.17) is 9.84 Å². The third-order valence-electron chi connectivity index (χ3n) is 2.82. The van der Waals surface area contributed by atoms with Crippen LogP contribution in [-0.2, 0) is 21.4 Å². The second-order valence-electron chi connectivity index (χ2n) is 5.01. The van der Waals surface area contributed by atoms with E-state index in [-0.39, 0.29) is 6.54 Å². The second-order valence-corrected chi connectivity index (χ2v) is 6.75. The Labute approximate surface area is 123 Å². The standard InChI is InChI=1S/C13H19F2NO4S/c1-4-20-13(2,3)8-16-21(18,19)11-6-5-10(14)9(7-17)12(11)15/h5-6,16-17H,4,7-8H2,1-3H3. The molecule has 0 unspecified atom stereocenters. The van der Waals surface area contributed by atoms with Gasteiger partial charge in [0.25, 0.3) is 0 Å². The van der Waals surface area contributed by atoms with Gasteiger partial charge >= 0.3 is 0 Å². The number of aliphatic hydroxyl groups excluding tert-OH is 1. The van der Waals surface area contributed by atoms with Crippen LogP contribution in [0.15, 0.2) is 17.0 Å². The van der Waals surface area contributed by atoms with Crippen LogP contribution in [0.25, 0.3) is 0 Å². The van der Waals surface area contributed by atoms with Crippen molar-refractivity contribution in [3.8, 4) is 0 Å². The first-order valence-electron chi connectivity index (χ1n) is 6.36. The Morgan fingerprint density at radius 2 is 1.95 bits per heavy atom. The van der Waals surface area contributed by atoms with Gasteiger partial charge in [0.05, 0.1) is 17.8 Å². The lowest BCUT2D eigenvalue weighted by Crippen LogP contribution is -2.40. The van der Waals surface area contributed by atoms with Crippen molar-refractivity contribution in [1.82, 2.24) is 4.72 Å². The van der Waals surface area contributed by atoms with Gasteiger partial charge in [-0.1, -0.05) is 0 Å². The molecule has 1 aromatic carbocycles. The van der Waals surface area contributed by atoms with E-state index >= 15 is 0 Å². The van der Waals surface area contributed by atoms with Gasteiger partial charge in [0.15, 0.2) is 5.82 Å². The molecule has 1 aromatic rings. The predicted octanol–water partition coefficient (Wildman–Crippen LogP) is 1.55. The molecule has 0 aliphatic rings. The van der Waals surface area contributed by atoms with Crippen molar-refractivity contribution >= 4 is 10.0 Å². The summed E-state index contributed by atoms with van der Waals surface area (Å²) in [5.74, 6) is -2.29. The van der Waals surface area contributed by atoms with Crippen molar-refractivity contribution < 1.29 is 27.0 Å². The van der Waals surface area contributed by atoms with Crippen LogP contribution < -0.4 is 4.72 Å². The Morgan fingerprint density at radius 3 is 2.48 bits per heavy atom. The minimum Gasteiger partial charge on any atom is -0.391 e. The molecule has 1 rings (SSSR count). The highest BCUT2D eigenvalue weighted by molar-refractivity contribution is 7.89. The molecule has 0 saturated carbocycles. The van der Waals surface area contributed by atoms with Crippen LogP contribution >= 0.6 is 0 Å². The average molecular weight is 323 g/mol. The molecule has 0 bridgehead atoms. The van der Waals surface area contributed by atoms with Crippen molar-refractivity contribution in [2.75, 3.05) is 13.2 Å². The summed E-state index contributed by atoms with van der Waals surface area (Å²) in [4.78, 5) is -0.708. The third-order valence-corrected chi connectivity index (χ3v) is 4.24. The van der Waals surface area contributed by atoms with Gasteiger partial charge in [-0.25, -0.2) is 21.9 Å². The molecule has 8 heteroatoms. The first kappa shape index (κ1) is 18.0. The number of sulfonamides is 1. The molecule has 0 aliphatic heterocycles. The van der Waals surface area contributed by atoms with Gasteiger partial charge in [0.1, 0.15) is 10.7 Å². The number of hydrogen-bond acceptors (Lipinski definition) is 4. The zero-order valence-corrected chi connectivity index (χ0v) is 12.9. The lowest BCUT2D eigenvalue weighted by atomic mass is 10.1. The van der Waals surface area contributed by atoms with Gasteiger partial charge in [0, 0.05) is 13.2 Å². The Hall–Kier alpha value is -1.09. The fourth-order valence-corrected chi connectivity index (χ4v) is 3.02. The molecular formula is C13H19F2NO4S. The first-order valence-corrected chi connectivity index (χ1v) is 7.84. The molecule has 0 fully saturated rings. The van der Waals surface area contributed by atoms with Crippen LogP contribution in [0.3, 0.4) is 0 Å². The molecule has 0 atom stereocenters. The minimum atomic E-state index is -4.17. The predicted molar refractivity (Wildman–Crippen MR) is 73.2 cm³/mol. The van der Waals surface area contributed by atoms with Gasteiger partial charge in [-0.05, 0) is 32.9 Å². The Balaban J connectivity index is 3.04. The number of benzene rings is 1. The van der Waals surface area contributed by atoms with E-state index in [9.17, 15) is 17.2 Å². The Bertz CT molecular complexity index is 602. The molecule has 0 amide bonds. The number of halogens is 2. The molecule has 0 radical (unpaired) electrons. The fourth-order valence-electron chi connectivity index (χ4n) is 1.72. The van der Waals surface area contributed by atoms with Crippen molar-refractivity contribution in [3.05, 3.63) is 29.3 Å². The normalized spacial score (nSPS) is 12.7. The molecule has 2 N–H and O–H groups in total. The second kappa shape index (κ2) is 6.78. The molecule has 0 aromatic heterocycles. The lowest BCUT2D eigenvalue weighted by molar-refractivity contribution is -0.00516. The molecule has 0 aliphatic carbocycles. The average Bonchev–Trinajstić information content (AvgIpc) is 2.37. The summed E-state index contributed by atoms with van der Waals surface area (Å²) in [6.45, 7) is 4.52. The summed E-state index contributed by atoms with van der Waals surface area (Å²) in [5, 5.41) is 8.90. The summed E-state index contributed by atoms with van der Waals surface area (Å²) < 4.78 is 58.9. The largest absolute Gasteiger partial charge is 0.391 e. The maximum Gasteiger partial charge on any atom is 0.243 e. The SMILES string of the molecule is CCOC(C)(C)CNS(=O)(=O)c1ccc(F)c(CO)c1F. The van der Waals surface area contributed by atoms with E-state index in [2.05, 4.69) is 4.72 Å². The smallest absolute Gasteiger partial charge is 0.243 e. The first-order chi connectivity index (χ1) is 9.64. The highest BCUT2D eigenvalue weighted by Crippen LogP contribution is 2.21. The Morgan fingerprint density at radius 1 is 1.33 bits per heavy atom. The molecule has 5 nitrogen and oxygen atoms in total. The van der Waals surface area contributed by atoms with Crippen LogP contribution in [0, 0.1) is 11.6 Å². The maximum atomic E-state index is 13.9. The fraction of sp³-hybridized carbons (Fsp3) is 0.538. The number of aliphatic hydroxyl groups is 1. The van der Waals surface area contributed by atoms with Crippen LogP contribution in [0.5, 0.6) is 0 Å². The monoisotopic (exact) mass is 323 g/mol. The topological polar surface area (TPSA) is 75.6 Å². The maximum absolute atomic E-state index is 13.9. The molecule has 120 valence electrons. The molecule has 0 spiro atoms. The number of rotatable bonds is 7. The summed E-state index contributed by atoms with van der Waals surface area (Å²) in [5.41, 5.74) is -1.44. The van der Waals surface area contributed by atoms with Crippen LogP contribution in [0.1, 0.15) is 26.3 Å². The van der Waals surface area contributed by atoms with Gasteiger partial charge in [-0.2, -0.15) is 0 Å². The molecular weight excluding hydrogens is 304 g/mol. The van der Waals surface area contributed by atoms with Crippen molar-refractivity contribution in [1.29, 1.82) is 0 Å². The number of nitrogens with one attached hydrogen (secondary N) is 1. The number of hydrogen-bond donors (Lipinski definition) is 2. The van der Waals surface area contributed by atoms with E-state index in [0.717, 1.165) is 12.1 Å². The van der Waals surface area contributed by atoms with Gasteiger partial charge < -0.3 is 9.84 Å². The van der Waals surface area contributed by atoms with E-state index in [1.165, 1.54) is 0 Å². The van der Waals surface area contributed by atoms with E-state index in [1.807, 2.05) is 0 Å². The molecule has 0 heterocycles. The van der Waals surface area contributed by atoms with Crippen molar-refractivity contribution in [2.24, 2.45) is 0 Å². The molecule has 21 heavy (non-hydrogen) atoms. The number of ether oxygens (including phenoxy) is 1. The van der Waals surface area contributed by atoms with Crippen molar-refractivity contribution in [3.63, 3.8) is 0 Å². The Kier molecular flexibility index (Phi) is 5.80. The lowest BCUT2D eigenvalue weighted by Gasteiger charge is -2.24. The van der Waals surface area contributed by atoms with Gasteiger partial charge in [-0.3, -0.25) is 0 Å². The summed E-state index contributed by atoms with van der Waals surface area (Å²) >= 11 is 0. The van der Waals surface area contributed by atoms with Crippen LogP contribution in [-0.4, -0.2) is 32.3 Å². The van der Waals surface area contributed by atoms with Gasteiger partial charge in [-0.15, -0.1) is 0 Å². The summed E-state index contributed by atoms with van der Waals surface area (Å²) in [6.07, 6.45) is 0. The highest BCUT2D eigenvalue weighted by atomic mass is 32.2. The zero-order chi connectivity index (χ0) is 16.3. The minimum absolute atomic E-state index is 0.0750. The molecule has 0 saturated heterocycles.